The summed E-state index contributed by atoms with van der Waals surface area (Å²) in [6.45, 7) is 0.178. The Labute approximate surface area is 78.0 Å². The van der Waals surface area contributed by atoms with Crippen LogP contribution in [0.1, 0.15) is 10.6 Å². The highest BCUT2D eigenvalue weighted by molar-refractivity contribution is 9.10. The number of rotatable bonds is 3. The van der Waals surface area contributed by atoms with Gasteiger partial charge in [0.05, 0.1) is 0 Å². The summed E-state index contributed by atoms with van der Waals surface area (Å²) in [5.74, 6) is -0.0264. The van der Waals surface area contributed by atoms with Crippen molar-refractivity contribution in [1.82, 2.24) is 5.32 Å². The summed E-state index contributed by atoms with van der Waals surface area (Å²) in [5, 5.41) is 2.49. The van der Waals surface area contributed by atoms with Gasteiger partial charge in [-0.3, -0.25) is 4.79 Å². The number of hydrogen-bond acceptors (Lipinski definition) is 3. The number of methoxy groups -OCH3 is 1. The highest BCUT2D eigenvalue weighted by Gasteiger charge is 2.08. The van der Waals surface area contributed by atoms with Crippen LogP contribution in [0.5, 0.6) is 0 Å². The van der Waals surface area contributed by atoms with E-state index in [0.29, 0.717) is 4.67 Å². The molecule has 1 amide bonds. The van der Waals surface area contributed by atoms with Crippen LogP contribution in [0.4, 0.5) is 0 Å². The number of ether oxygens (including phenoxy) is 1. The zero-order valence-electron chi connectivity index (χ0n) is 6.46. The van der Waals surface area contributed by atoms with Gasteiger partial charge in [-0.2, -0.15) is 0 Å². The Hall–Kier alpha value is -0.810. The van der Waals surface area contributed by atoms with Gasteiger partial charge in [0.15, 0.2) is 10.4 Å². The van der Waals surface area contributed by atoms with E-state index in [-0.39, 0.29) is 18.4 Å². The van der Waals surface area contributed by atoms with E-state index < -0.39 is 0 Å². The molecule has 0 aliphatic carbocycles. The zero-order valence-corrected chi connectivity index (χ0v) is 8.05. The van der Waals surface area contributed by atoms with Gasteiger partial charge < -0.3 is 14.5 Å². The number of furan rings is 1. The first-order chi connectivity index (χ1) is 5.74. The fourth-order valence-electron chi connectivity index (χ4n) is 0.661. The number of hydrogen-bond donors (Lipinski definition) is 1. The predicted octanol–water partition coefficient (Wildman–Crippen LogP) is 1.38. The zero-order chi connectivity index (χ0) is 8.97. The Bertz CT molecular complexity index is 271. The van der Waals surface area contributed by atoms with Crippen LogP contribution in [0.2, 0.25) is 0 Å². The number of amides is 1. The third-order valence-electron chi connectivity index (χ3n) is 1.17. The minimum Gasteiger partial charge on any atom is -0.444 e. The molecule has 0 spiro atoms. The third-order valence-corrected chi connectivity index (χ3v) is 1.60. The average molecular weight is 234 g/mol. The summed E-state index contributed by atoms with van der Waals surface area (Å²) in [6.07, 6.45) is 0. The molecule has 0 aliphatic rings. The molecule has 0 bridgehead atoms. The normalized spacial score (nSPS) is 9.83. The van der Waals surface area contributed by atoms with Gasteiger partial charge in [-0.25, -0.2) is 0 Å². The molecule has 1 aromatic heterocycles. The maximum absolute atomic E-state index is 11.1. The van der Waals surface area contributed by atoms with E-state index in [2.05, 4.69) is 26.0 Å². The molecule has 0 atom stereocenters. The molecule has 0 unspecified atom stereocenters. The summed E-state index contributed by atoms with van der Waals surface area (Å²) in [4.78, 5) is 11.1. The van der Waals surface area contributed by atoms with E-state index in [1.807, 2.05) is 0 Å². The Balaban J connectivity index is 2.53. The highest BCUT2D eigenvalue weighted by atomic mass is 79.9. The lowest BCUT2D eigenvalue weighted by Crippen LogP contribution is -2.24. The van der Waals surface area contributed by atoms with E-state index in [9.17, 15) is 4.79 Å². The van der Waals surface area contributed by atoms with Crippen LogP contribution in [0.3, 0.4) is 0 Å². The van der Waals surface area contributed by atoms with E-state index >= 15 is 0 Å². The first kappa shape index (κ1) is 9.28. The van der Waals surface area contributed by atoms with Gasteiger partial charge in [-0.05, 0) is 28.1 Å². The summed E-state index contributed by atoms with van der Waals surface area (Å²) in [7, 11) is 1.50. The third kappa shape index (κ3) is 2.35. The molecule has 0 aliphatic heterocycles. The summed E-state index contributed by atoms with van der Waals surface area (Å²) < 4.78 is 10.2. The monoisotopic (exact) mass is 233 g/mol. The second kappa shape index (κ2) is 4.27. The second-order valence-electron chi connectivity index (χ2n) is 2.04. The van der Waals surface area contributed by atoms with Crippen LogP contribution < -0.4 is 5.32 Å². The predicted molar refractivity (Wildman–Crippen MR) is 45.8 cm³/mol. The van der Waals surface area contributed by atoms with Crippen molar-refractivity contribution >= 4 is 21.8 Å². The number of carbonyl (C=O) groups is 1. The number of halogens is 1. The largest absolute Gasteiger partial charge is 0.444 e. The molecule has 0 saturated heterocycles. The molecule has 1 aromatic rings. The first-order valence-electron chi connectivity index (χ1n) is 3.26. The lowest BCUT2D eigenvalue weighted by molar-refractivity contribution is 0.0843. The van der Waals surface area contributed by atoms with Crippen molar-refractivity contribution in [1.29, 1.82) is 0 Å². The van der Waals surface area contributed by atoms with Crippen LogP contribution in [-0.4, -0.2) is 19.7 Å². The maximum atomic E-state index is 11.1. The van der Waals surface area contributed by atoms with Crippen molar-refractivity contribution in [2.75, 3.05) is 13.8 Å². The lowest BCUT2D eigenvalue weighted by Gasteiger charge is -1.99. The van der Waals surface area contributed by atoms with Crippen molar-refractivity contribution < 1.29 is 13.9 Å². The van der Waals surface area contributed by atoms with Gasteiger partial charge in [0.2, 0.25) is 0 Å². The fourth-order valence-corrected chi connectivity index (χ4v) is 0.968. The molecule has 1 heterocycles. The van der Waals surface area contributed by atoms with E-state index in [1.165, 1.54) is 7.11 Å². The van der Waals surface area contributed by atoms with Crippen LogP contribution in [0, 0.1) is 0 Å². The van der Waals surface area contributed by atoms with Crippen molar-refractivity contribution in [2.24, 2.45) is 0 Å². The molecule has 1 rings (SSSR count). The van der Waals surface area contributed by atoms with Gasteiger partial charge in [0.25, 0.3) is 5.91 Å². The molecule has 1 N–H and O–H groups in total. The average Bonchev–Trinajstić information content (AvgIpc) is 2.47. The first-order valence-corrected chi connectivity index (χ1v) is 4.06. The smallest absolute Gasteiger partial charge is 0.288 e. The molecule has 5 heteroatoms. The summed E-state index contributed by atoms with van der Waals surface area (Å²) in [6, 6.07) is 3.23. The van der Waals surface area contributed by atoms with Crippen LogP contribution >= 0.6 is 15.9 Å². The van der Waals surface area contributed by atoms with Crippen molar-refractivity contribution in [3.8, 4) is 0 Å². The highest BCUT2D eigenvalue weighted by Crippen LogP contribution is 2.13. The number of carbonyl (C=O) groups excluding carboxylic acids is 1. The number of nitrogens with one attached hydrogen (secondary N) is 1. The van der Waals surface area contributed by atoms with Gasteiger partial charge in [0, 0.05) is 7.11 Å². The van der Waals surface area contributed by atoms with E-state index in [4.69, 9.17) is 4.42 Å². The molecular weight excluding hydrogens is 226 g/mol. The van der Waals surface area contributed by atoms with E-state index in [0.717, 1.165) is 0 Å². The van der Waals surface area contributed by atoms with Gasteiger partial charge in [-0.15, -0.1) is 0 Å². The Morgan fingerprint density at radius 1 is 1.75 bits per heavy atom. The van der Waals surface area contributed by atoms with Crippen molar-refractivity contribution in [3.63, 3.8) is 0 Å². The van der Waals surface area contributed by atoms with E-state index in [1.54, 1.807) is 12.1 Å². The summed E-state index contributed by atoms with van der Waals surface area (Å²) in [5.41, 5.74) is 0. The molecule has 0 saturated carbocycles. The van der Waals surface area contributed by atoms with Crippen LogP contribution in [0.25, 0.3) is 0 Å². The topological polar surface area (TPSA) is 51.5 Å². The fraction of sp³-hybridized carbons (Fsp3) is 0.286. The van der Waals surface area contributed by atoms with Gasteiger partial charge >= 0.3 is 0 Å². The second-order valence-corrected chi connectivity index (χ2v) is 2.82. The minimum atomic E-state index is -0.289. The van der Waals surface area contributed by atoms with Gasteiger partial charge in [0.1, 0.15) is 6.73 Å². The molecule has 0 radical (unpaired) electrons. The Morgan fingerprint density at radius 3 is 3.00 bits per heavy atom. The molecule has 0 fully saturated rings. The van der Waals surface area contributed by atoms with Crippen molar-refractivity contribution in [3.05, 3.63) is 22.6 Å². The summed E-state index contributed by atoms with van der Waals surface area (Å²) >= 11 is 3.09. The molecule has 4 nitrogen and oxygen atoms in total. The van der Waals surface area contributed by atoms with Gasteiger partial charge in [-0.1, -0.05) is 0 Å². The lowest BCUT2D eigenvalue weighted by atomic mass is 10.4. The molecule has 66 valence electrons. The maximum Gasteiger partial charge on any atom is 0.288 e. The van der Waals surface area contributed by atoms with Crippen molar-refractivity contribution in [2.45, 2.75) is 0 Å². The Kier molecular flexibility index (Phi) is 3.31. The minimum absolute atomic E-state index is 0.178. The van der Waals surface area contributed by atoms with Crippen LogP contribution in [-0.2, 0) is 4.74 Å². The molecule has 12 heavy (non-hydrogen) atoms. The molecule has 0 aromatic carbocycles. The quantitative estimate of drug-likeness (QED) is 0.803. The molecular formula is C7H8BrNO3. The Morgan fingerprint density at radius 2 is 2.50 bits per heavy atom. The standard InChI is InChI=1S/C7H8BrNO3/c1-11-4-9-7(10)5-2-3-6(8)12-5/h2-3H,4H2,1H3,(H,9,10). The SMILES string of the molecule is COCNC(=O)c1ccc(Br)o1. The van der Waals surface area contributed by atoms with Crippen LogP contribution in [0.15, 0.2) is 21.2 Å².